The maximum atomic E-state index is 13.3. The molecular weight excluding hydrogens is 556 g/mol. The van der Waals surface area contributed by atoms with E-state index in [-0.39, 0.29) is 29.7 Å². The molecule has 5 rings (SSSR count). The van der Waals surface area contributed by atoms with E-state index in [1.165, 1.54) is 26.5 Å². The minimum atomic E-state index is -0.247. The molecule has 1 fully saturated rings. The molecule has 1 N–H and O–H groups in total. The summed E-state index contributed by atoms with van der Waals surface area (Å²) in [7, 11) is 2.05. The van der Waals surface area contributed by atoms with Crippen LogP contribution in [0.2, 0.25) is 0 Å². The van der Waals surface area contributed by atoms with E-state index in [1.54, 1.807) is 23.7 Å². The fourth-order valence-corrected chi connectivity index (χ4v) is 5.71. The molecule has 0 saturated carbocycles. The van der Waals surface area contributed by atoms with E-state index in [4.69, 9.17) is 4.99 Å². The van der Waals surface area contributed by atoms with Crippen LogP contribution < -0.4 is 21.3 Å². The first-order chi connectivity index (χ1) is 21.0. The third-order valence-electron chi connectivity index (χ3n) is 8.12. The summed E-state index contributed by atoms with van der Waals surface area (Å²) in [6.45, 7) is 21.8. The summed E-state index contributed by atoms with van der Waals surface area (Å²) in [5.74, 6) is 0.920. The number of nitrogens with one attached hydrogen (secondary N) is 1. The predicted octanol–water partition coefficient (Wildman–Crippen LogP) is 4.09. The number of anilines is 2. The molecule has 44 heavy (non-hydrogen) atoms. The number of fused-ring (bicyclic) bond motifs is 1. The van der Waals surface area contributed by atoms with Gasteiger partial charge in [-0.2, -0.15) is 4.99 Å². The van der Waals surface area contributed by atoms with Crippen molar-refractivity contribution in [2.45, 2.75) is 53.2 Å². The molecule has 1 aliphatic heterocycles. The number of allylic oxidation sites excluding steroid dienone is 1. The minimum absolute atomic E-state index is 0.171. The molecule has 4 heterocycles. The normalized spacial score (nSPS) is 14.6. The Morgan fingerprint density at radius 2 is 1.80 bits per heavy atom. The molecule has 12 heteroatoms. The van der Waals surface area contributed by atoms with Crippen LogP contribution in [0.1, 0.15) is 39.3 Å². The molecule has 4 aromatic rings. The Morgan fingerprint density at radius 3 is 2.43 bits per heavy atom. The van der Waals surface area contributed by atoms with Crippen molar-refractivity contribution in [1.29, 1.82) is 0 Å². The summed E-state index contributed by atoms with van der Waals surface area (Å²) in [5, 5.41) is 9.00. The van der Waals surface area contributed by atoms with Crippen LogP contribution in [0, 0.1) is 6.92 Å². The summed E-state index contributed by atoms with van der Waals surface area (Å²) in [6.07, 6.45) is 3.82. The number of hydrogen-bond donors (Lipinski definition) is 1. The SMILES string of the molecule is C=CCn1c(=O)c(C)c(N=C(N=C)Nc2ccc3c(N4CCN(C(C)C)CC4)cn(C)c3c2)n1-c1ccc(=O)n(C(C)C)n1. The second-order valence-corrected chi connectivity index (χ2v) is 11.7. The summed E-state index contributed by atoms with van der Waals surface area (Å²) in [4.78, 5) is 39.6. The van der Waals surface area contributed by atoms with Gasteiger partial charge in [0.1, 0.15) is 0 Å². The van der Waals surface area contributed by atoms with E-state index in [9.17, 15) is 9.59 Å². The van der Waals surface area contributed by atoms with Crippen LogP contribution in [0.25, 0.3) is 16.7 Å². The number of rotatable bonds is 8. The van der Waals surface area contributed by atoms with Crippen molar-refractivity contribution in [3.63, 3.8) is 0 Å². The van der Waals surface area contributed by atoms with Crippen molar-refractivity contribution >= 4 is 40.8 Å². The van der Waals surface area contributed by atoms with E-state index in [1.807, 2.05) is 19.9 Å². The van der Waals surface area contributed by atoms with Crippen LogP contribution in [-0.2, 0) is 13.6 Å². The number of nitrogens with zero attached hydrogens (tertiary/aromatic N) is 9. The monoisotopic (exact) mass is 598 g/mol. The molecule has 0 atom stereocenters. The van der Waals surface area contributed by atoms with Gasteiger partial charge in [-0.25, -0.2) is 19.0 Å². The van der Waals surface area contributed by atoms with E-state index < -0.39 is 0 Å². The zero-order valence-corrected chi connectivity index (χ0v) is 26.5. The van der Waals surface area contributed by atoms with Gasteiger partial charge in [0.2, 0.25) is 5.96 Å². The molecule has 1 aliphatic rings. The van der Waals surface area contributed by atoms with E-state index in [0.29, 0.717) is 23.2 Å². The van der Waals surface area contributed by atoms with Crippen LogP contribution in [0.4, 0.5) is 17.2 Å². The molecule has 12 nitrogen and oxygen atoms in total. The Hall–Kier alpha value is -4.71. The van der Waals surface area contributed by atoms with Crippen LogP contribution in [0.15, 0.2) is 68.8 Å². The van der Waals surface area contributed by atoms with Crippen LogP contribution in [-0.4, -0.2) is 73.5 Å². The number of aliphatic imine (C=N–C) groups is 2. The second-order valence-electron chi connectivity index (χ2n) is 11.7. The zero-order valence-electron chi connectivity index (χ0n) is 26.5. The average molecular weight is 599 g/mol. The molecule has 0 radical (unpaired) electrons. The predicted molar refractivity (Wildman–Crippen MR) is 180 cm³/mol. The van der Waals surface area contributed by atoms with Gasteiger partial charge in [0.15, 0.2) is 11.6 Å². The summed E-state index contributed by atoms with van der Waals surface area (Å²) < 4.78 is 6.59. The van der Waals surface area contributed by atoms with Crippen molar-refractivity contribution in [3.8, 4) is 5.82 Å². The van der Waals surface area contributed by atoms with Gasteiger partial charge in [0, 0.05) is 62.6 Å². The first-order valence-electron chi connectivity index (χ1n) is 15.0. The van der Waals surface area contributed by atoms with Gasteiger partial charge in [-0.05, 0) is 65.6 Å². The van der Waals surface area contributed by atoms with Crippen molar-refractivity contribution in [2.75, 3.05) is 36.4 Å². The Kier molecular flexibility index (Phi) is 8.73. The number of guanidine groups is 1. The summed E-state index contributed by atoms with van der Waals surface area (Å²) >= 11 is 0. The highest BCUT2D eigenvalue weighted by atomic mass is 16.1. The Balaban J connectivity index is 1.51. The third kappa shape index (κ3) is 5.77. The zero-order chi connectivity index (χ0) is 31.7. The summed E-state index contributed by atoms with van der Waals surface area (Å²) in [5.41, 5.74) is 3.01. The van der Waals surface area contributed by atoms with Gasteiger partial charge in [-0.15, -0.1) is 11.7 Å². The molecule has 0 bridgehead atoms. The molecule has 1 saturated heterocycles. The van der Waals surface area contributed by atoms with Crippen molar-refractivity contribution in [3.05, 3.63) is 75.5 Å². The molecular formula is C32H42N10O2. The molecule has 232 valence electrons. The maximum Gasteiger partial charge on any atom is 0.272 e. The van der Waals surface area contributed by atoms with E-state index >= 15 is 0 Å². The molecule has 0 unspecified atom stereocenters. The van der Waals surface area contributed by atoms with E-state index in [2.05, 4.69) is 82.3 Å². The Morgan fingerprint density at radius 1 is 1.07 bits per heavy atom. The number of hydrogen-bond acceptors (Lipinski definition) is 6. The number of aromatic nitrogens is 5. The fourth-order valence-electron chi connectivity index (χ4n) is 5.71. The number of piperazine rings is 1. The molecule has 0 amide bonds. The fraction of sp³-hybridized carbons (Fsp3) is 0.406. The highest BCUT2D eigenvalue weighted by molar-refractivity contribution is 6.01. The molecule has 0 aliphatic carbocycles. The lowest BCUT2D eigenvalue weighted by atomic mass is 10.2. The standard InChI is InChI=1S/C32H42N10O2/c1-9-14-40-31(44)23(6)30(42(40)28-12-13-29(43)41(36-28)22(4)5)35-32(33-7)34-24-10-11-25-26(19-24)37(8)20-27(25)39-17-15-38(16-18-39)21(2)3/h9-13,19-22H,1,7,14-18H2,2-6,8H3,(H,34,35). The van der Waals surface area contributed by atoms with Gasteiger partial charge >= 0.3 is 0 Å². The van der Waals surface area contributed by atoms with Crippen LogP contribution in [0.3, 0.4) is 0 Å². The maximum absolute atomic E-state index is 13.3. The third-order valence-corrected chi connectivity index (χ3v) is 8.12. The quantitative estimate of drug-likeness (QED) is 0.186. The van der Waals surface area contributed by atoms with Gasteiger partial charge < -0.3 is 14.8 Å². The number of benzene rings is 1. The topological polar surface area (TPSA) is 110 Å². The van der Waals surface area contributed by atoms with Crippen molar-refractivity contribution in [2.24, 2.45) is 17.0 Å². The lowest BCUT2D eigenvalue weighted by molar-refractivity contribution is 0.209. The molecule has 1 aromatic carbocycles. The van der Waals surface area contributed by atoms with Gasteiger partial charge in [0.25, 0.3) is 11.1 Å². The highest BCUT2D eigenvalue weighted by Crippen LogP contribution is 2.32. The smallest absolute Gasteiger partial charge is 0.272 e. The van der Waals surface area contributed by atoms with Gasteiger partial charge in [-0.3, -0.25) is 14.5 Å². The van der Waals surface area contributed by atoms with Crippen molar-refractivity contribution < 1.29 is 0 Å². The van der Waals surface area contributed by atoms with Gasteiger partial charge in [-0.1, -0.05) is 6.08 Å². The largest absolute Gasteiger partial charge is 0.367 e. The second kappa shape index (κ2) is 12.5. The lowest BCUT2D eigenvalue weighted by Gasteiger charge is -2.37. The highest BCUT2D eigenvalue weighted by Gasteiger charge is 2.23. The number of aryl methyl sites for hydroxylation is 1. The summed E-state index contributed by atoms with van der Waals surface area (Å²) in [6, 6.07) is 9.58. The first kappa shape index (κ1) is 30.7. The minimum Gasteiger partial charge on any atom is -0.367 e. The molecule has 3 aromatic heterocycles. The Labute approximate surface area is 257 Å². The van der Waals surface area contributed by atoms with Crippen LogP contribution >= 0.6 is 0 Å². The lowest BCUT2D eigenvalue weighted by Crippen LogP contribution is -2.48. The molecule has 0 spiro atoms. The average Bonchev–Trinajstić information content (AvgIpc) is 3.45. The first-order valence-corrected chi connectivity index (χ1v) is 15.0. The van der Waals surface area contributed by atoms with Crippen LogP contribution in [0.5, 0.6) is 0 Å². The van der Waals surface area contributed by atoms with Crippen molar-refractivity contribution in [1.82, 2.24) is 28.6 Å². The Bertz CT molecular complexity index is 1840. The van der Waals surface area contributed by atoms with E-state index in [0.717, 1.165) is 37.4 Å². The van der Waals surface area contributed by atoms with Gasteiger partial charge in [0.05, 0.1) is 29.4 Å².